The van der Waals surface area contributed by atoms with Crippen LogP contribution in [0.5, 0.6) is 11.5 Å². The minimum atomic E-state index is -0.284. The smallest absolute Gasteiger partial charge is 0.208 e. The van der Waals surface area contributed by atoms with Gasteiger partial charge in [-0.05, 0) is 38.0 Å². The van der Waals surface area contributed by atoms with Crippen molar-refractivity contribution in [3.63, 3.8) is 0 Å². The van der Waals surface area contributed by atoms with Crippen LogP contribution in [0.25, 0.3) is 0 Å². The van der Waals surface area contributed by atoms with Crippen molar-refractivity contribution in [2.24, 2.45) is 0 Å². The molecule has 0 N–H and O–H groups in total. The van der Waals surface area contributed by atoms with Crippen molar-refractivity contribution < 1.29 is 14.2 Å². The van der Waals surface area contributed by atoms with Crippen LogP contribution in [-0.4, -0.2) is 13.4 Å². The van der Waals surface area contributed by atoms with Gasteiger partial charge in [0.25, 0.3) is 0 Å². The van der Waals surface area contributed by atoms with Gasteiger partial charge in [-0.3, -0.25) is 0 Å². The van der Waals surface area contributed by atoms with Gasteiger partial charge in [-0.1, -0.05) is 36.4 Å². The highest BCUT2D eigenvalue weighted by molar-refractivity contribution is 5.52. The third-order valence-corrected chi connectivity index (χ3v) is 4.50. The van der Waals surface area contributed by atoms with Crippen molar-refractivity contribution in [1.29, 1.82) is 0 Å². The van der Waals surface area contributed by atoms with Crippen LogP contribution in [0.4, 0.5) is 0 Å². The SMILES string of the molecule is C=CCc1cc2c(cc1OCc1ccccc1)C(C)(C)C(OC)O2. The van der Waals surface area contributed by atoms with E-state index in [1.807, 2.05) is 24.3 Å². The summed E-state index contributed by atoms with van der Waals surface area (Å²) in [5.74, 6) is 1.75. The Kier molecular flexibility index (Phi) is 4.63. The van der Waals surface area contributed by atoms with Gasteiger partial charge in [-0.15, -0.1) is 6.58 Å². The highest BCUT2D eigenvalue weighted by Gasteiger charge is 2.42. The Hall–Kier alpha value is -2.26. The summed E-state index contributed by atoms with van der Waals surface area (Å²) in [5, 5.41) is 0. The predicted molar refractivity (Wildman–Crippen MR) is 95.6 cm³/mol. The number of methoxy groups -OCH3 is 1. The maximum atomic E-state index is 6.12. The average Bonchev–Trinajstić information content (AvgIpc) is 2.84. The van der Waals surface area contributed by atoms with E-state index in [4.69, 9.17) is 14.2 Å². The van der Waals surface area contributed by atoms with E-state index >= 15 is 0 Å². The first-order valence-electron chi connectivity index (χ1n) is 8.20. The van der Waals surface area contributed by atoms with E-state index < -0.39 is 0 Å². The molecule has 0 aliphatic carbocycles. The van der Waals surface area contributed by atoms with Crippen LogP contribution in [-0.2, 0) is 23.2 Å². The van der Waals surface area contributed by atoms with Gasteiger partial charge >= 0.3 is 0 Å². The summed E-state index contributed by atoms with van der Waals surface area (Å²) in [5.41, 5.74) is 3.12. The van der Waals surface area contributed by atoms with Crippen LogP contribution in [0.15, 0.2) is 55.1 Å². The fraction of sp³-hybridized carbons (Fsp3) is 0.333. The molecule has 2 aromatic rings. The summed E-state index contributed by atoms with van der Waals surface area (Å²) in [6, 6.07) is 14.3. The molecule has 126 valence electrons. The summed E-state index contributed by atoms with van der Waals surface area (Å²) in [6.07, 6.45) is 2.33. The second-order valence-electron chi connectivity index (χ2n) is 6.63. The number of rotatable bonds is 6. The van der Waals surface area contributed by atoms with Crippen molar-refractivity contribution in [1.82, 2.24) is 0 Å². The Morgan fingerprint density at radius 3 is 2.62 bits per heavy atom. The van der Waals surface area contributed by atoms with Crippen LogP contribution in [0.3, 0.4) is 0 Å². The molecule has 0 saturated heterocycles. The molecule has 1 aliphatic heterocycles. The zero-order valence-corrected chi connectivity index (χ0v) is 14.5. The summed E-state index contributed by atoms with van der Waals surface area (Å²) in [6.45, 7) is 8.64. The molecule has 2 aromatic carbocycles. The lowest BCUT2D eigenvalue weighted by atomic mass is 9.84. The fourth-order valence-electron chi connectivity index (χ4n) is 3.12. The third-order valence-electron chi connectivity index (χ3n) is 4.50. The van der Waals surface area contributed by atoms with Gasteiger partial charge in [0.15, 0.2) is 0 Å². The van der Waals surface area contributed by atoms with E-state index in [1.165, 1.54) is 0 Å². The number of benzene rings is 2. The van der Waals surface area contributed by atoms with Crippen molar-refractivity contribution in [2.45, 2.75) is 38.6 Å². The first-order valence-corrected chi connectivity index (χ1v) is 8.20. The molecule has 0 saturated carbocycles. The third kappa shape index (κ3) is 3.04. The molecular formula is C21H24O3. The lowest BCUT2D eigenvalue weighted by molar-refractivity contribution is -0.0779. The summed E-state index contributed by atoms with van der Waals surface area (Å²) < 4.78 is 17.6. The minimum Gasteiger partial charge on any atom is -0.489 e. The summed E-state index contributed by atoms with van der Waals surface area (Å²) in [4.78, 5) is 0. The Morgan fingerprint density at radius 2 is 1.96 bits per heavy atom. The molecule has 0 spiro atoms. The van der Waals surface area contributed by atoms with Gasteiger partial charge in [0.1, 0.15) is 18.1 Å². The van der Waals surface area contributed by atoms with E-state index in [9.17, 15) is 0 Å². The minimum absolute atomic E-state index is 0.221. The molecule has 0 amide bonds. The van der Waals surface area contributed by atoms with Crippen LogP contribution in [0.2, 0.25) is 0 Å². The number of hydrogen-bond acceptors (Lipinski definition) is 3. The molecule has 1 atom stereocenters. The van der Waals surface area contributed by atoms with Crippen LogP contribution in [0, 0.1) is 0 Å². The predicted octanol–water partition coefficient (Wildman–Crippen LogP) is 4.64. The van der Waals surface area contributed by atoms with E-state index in [1.54, 1.807) is 7.11 Å². The molecule has 3 heteroatoms. The molecule has 0 aromatic heterocycles. The maximum Gasteiger partial charge on any atom is 0.208 e. The first kappa shape index (κ1) is 16.6. The Morgan fingerprint density at radius 1 is 1.21 bits per heavy atom. The van der Waals surface area contributed by atoms with Gasteiger partial charge < -0.3 is 14.2 Å². The number of allylic oxidation sites excluding steroid dienone is 1. The Balaban J connectivity index is 1.92. The molecule has 24 heavy (non-hydrogen) atoms. The highest BCUT2D eigenvalue weighted by atomic mass is 16.7. The van der Waals surface area contributed by atoms with Gasteiger partial charge in [0, 0.05) is 18.2 Å². The van der Waals surface area contributed by atoms with Gasteiger partial charge in [0.05, 0.1) is 5.41 Å². The number of hydrogen-bond donors (Lipinski definition) is 0. The van der Waals surface area contributed by atoms with Crippen molar-refractivity contribution in [3.05, 3.63) is 71.8 Å². The molecular weight excluding hydrogens is 300 g/mol. The normalized spacial score (nSPS) is 17.9. The molecule has 3 nitrogen and oxygen atoms in total. The van der Waals surface area contributed by atoms with Crippen molar-refractivity contribution in [3.8, 4) is 11.5 Å². The zero-order chi connectivity index (χ0) is 17.2. The van der Waals surface area contributed by atoms with E-state index in [2.05, 4.69) is 44.7 Å². The molecule has 0 bridgehead atoms. The van der Waals surface area contributed by atoms with E-state index in [-0.39, 0.29) is 11.7 Å². The van der Waals surface area contributed by atoms with E-state index in [0.29, 0.717) is 6.61 Å². The summed E-state index contributed by atoms with van der Waals surface area (Å²) >= 11 is 0. The van der Waals surface area contributed by atoms with Crippen LogP contribution in [0.1, 0.15) is 30.5 Å². The quantitative estimate of drug-likeness (QED) is 0.725. The molecule has 0 fully saturated rings. The molecule has 0 radical (unpaired) electrons. The van der Waals surface area contributed by atoms with E-state index in [0.717, 1.165) is 34.6 Å². The number of fused-ring (bicyclic) bond motifs is 1. The Bertz CT molecular complexity index is 719. The first-order chi connectivity index (χ1) is 11.6. The lowest BCUT2D eigenvalue weighted by Gasteiger charge is -2.24. The number of ether oxygens (including phenoxy) is 3. The zero-order valence-electron chi connectivity index (χ0n) is 14.5. The van der Waals surface area contributed by atoms with Gasteiger partial charge in [0.2, 0.25) is 6.29 Å². The highest BCUT2D eigenvalue weighted by Crippen LogP contribution is 2.46. The standard InChI is InChI=1S/C21H24O3/c1-5-9-16-12-19-17(21(2,3)20(22-4)24-19)13-18(16)23-14-15-10-7-6-8-11-15/h5-8,10-13,20H,1,9,14H2,2-4H3. The van der Waals surface area contributed by atoms with Crippen LogP contribution < -0.4 is 9.47 Å². The molecule has 1 heterocycles. The second kappa shape index (κ2) is 6.70. The van der Waals surface area contributed by atoms with Crippen molar-refractivity contribution >= 4 is 0 Å². The van der Waals surface area contributed by atoms with Gasteiger partial charge in [-0.25, -0.2) is 0 Å². The largest absolute Gasteiger partial charge is 0.489 e. The maximum absolute atomic E-state index is 6.12. The second-order valence-corrected chi connectivity index (χ2v) is 6.63. The molecule has 1 unspecified atom stereocenters. The topological polar surface area (TPSA) is 27.7 Å². The molecule has 1 aliphatic rings. The van der Waals surface area contributed by atoms with Crippen LogP contribution >= 0.6 is 0 Å². The molecule has 3 rings (SSSR count). The average molecular weight is 324 g/mol. The van der Waals surface area contributed by atoms with Gasteiger partial charge in [-0.2, -0.15) is 0 Å². The monoisotopic (exact) mass is 324 g/mol. The Labute approximate surface area is 143 Å². The summed E-state index contributed by atoms with van der Waals surface area (Å²) in [7, 11) is 1.68. The lowest BCUT2D eigenvalue weighted by Crippen LogP contribution is -2.33. The fourth-order valence-corrected chi connectivity index (χ4v) is 3.12. The van der Waals surface area contributed by atoms with Crippen molar-refractivity contribution in [2.75, 3.05) is 7.11 Å².